The minimum atomic E-state index is -1.13. The van der Waals surface area contributed by atoms with Crippen molar-refractivity contribution in [2.75, 3.05) is 18.0 Å². The number of anilines is 1. The maximum absolute atomic E-state index is 12.6. The van der Waals surface area contributed by atoms with Gasteiger partial charge >= 0.3 is 5.97 Å². The Labute approximate surface area is 254 Å². The fraction of sp³-hybridized carbons (Fsp3) is 0.364. The number of carboxylic acids is 1. The van der Waals surface area contributed by atoms with E-state index < -0.39 is 17.7 Å². The van der Waals surface area contributed by atoms with E-state index in [9.17, 15) is 9.90 Å². The molecule has 6 rings (SSSR count). The number of halogens is 1. The van der Waals surface area contributed by atoms with Crippen LogP contribution in [-0.2, 0) is 16.6 Å². The van der Waals surface area contributed by atoms with E-state index in [4.69, 9.17) is 21.3 Å². The van der Waals surface area contributed by atoms with Gasteiger partial charge in [0, 0.05) is 47.6 Å². The molecular formula is C33H35ClN4O3S. The molecule has 7 nitrogen and oxygen atoms in total. The van der Waals surface area contributed by atoms with Crippen molar-refractivity contribution in [1.29, 1.82) is 0 Å². The van der Waals surface area contributed by atoms with Gasteiger partial charge in [-0.3, -0.25) is 4.68 Å². The van der Waals surface area contributed by atoms with Crippen LogP contribution in [0, 0.1) is 6.92 Å². The highest BCUT2D eigenvalue weighted by molar-refractivity contribution is 7.22. The Morgan fingerprint density at radius 3 is 2.64 bits per heavy atom. The molecule has 42 heavy (non-hydrogen) atoms. The zero-order chi connectivity index (χ0) is 29.8. The fourth-order valence-electron chi connectivity index (χ4n) is 6.02. The topological polar surface area (TPSA) is 80.5 Å². The molecule has 1 aliphatic heterocycles. The predicted octanol–water partition coefficient (Wildman–Crippen LogP) is 8.14. The van der Waals surface area contributed by atoms with Crippen LogP contribution in [0.25, 0.3) is 32.2 Å². The number of carbonyl (C=O) groups is 1. The number of carboxylic acid groups (broad SMARTS) is 1. The Hall–Kier alpha value is -3.46. The fourth-order valence-corrected chi connectivity index (χ4v) is 7.31. The number of rotatable bonds is 6. The summed E-state index contributed by atoms with van der Waals surface area (Å²) in [6.07, 6.45) is 2.99. The first-order chi connectivity index (χ1) is 20.0. The van der Waals surface area contributed by atoms with Crippen molar-refractivity contribution in [3.8, 4) is 11.1 Å². The molecule has 3 heterocycles. The summed E-state index contributed by atoms with van der Waals surface area (Å²) in [7, 11) is 1.97. The Morgan fingerprint density at radius 2 is 1.93 bits per heavy atom. The number of aliphatic carboxylic acids is 1. The third kappa shape index (κ3) is 5.51. The summed E-state index contributed by atoms with van der Waals surface area (Å²) < 4.78 is 9.02. The zero-order valence-corrected chi connectivity index (χ0v) is 26.1. The van der Waals surface area contributed by atoms with E-state index in [-0.39, 0.29) is 0 Å². The van der Waals surface area contributed by atoms with Gasteiger partial charge < -0.3 is 14.7 Å². The van der Waals surface area contributed by atoms with E-state index in [1.807, 2.05) is 76.0 Å². The van der Waals surface area contributed by atoms with E-state index in [2.05, 4.69) is 28.2 Å². The third-order valence-corrected chi connectivity index (χ3v) is 9.34. The zero-order valence-electron chi connectivity index (χ0n) is 24.5. The van der Waals surface area contributed by atoms with Crippen LogP contribution in [0.5, 0.6) is 0 Å². The lowest BCUT2D eigenvalue weighted by Gasteiger charge is -2.32. The molecule has 9 heteroatoms. The lowest BCUT2D eigenvalue weighted by molar-refractivity contribution is -0.160. The lowest BCUT2D eigenvalue weighted by Crippen LogP contribution is -2.34. The Bertz CT molecular complexity index is 1790. The van der Waals surface area contributed by atoms with Crippen LogP contribution in [0.4, 0.5) is 5.13 Å². The molecule has 0 spiro atoms. The van der Waals surface area contributed by atoms with Gasteiger partial charge in [-0.1, -0.05) is 41.1 Å². The summed E-state index contributed by atoms with van der Waals surface area (Å²) in [6.45, 7) is 9.38. The number of aromatic nitrogens is 3. The van der Waals surface area contributed by atoms with Crippen LogP contribution < -0.4 is 4.90 Å². The molecule has 1 unspecified atom stereocenters. The van der Waals surface area contributed by atoms with E-state index in [0.717, 1.165) is 68.9 Å². The van der Waals surface area contributed by atoms with Crippen molar-refractivity contribution >= 4 is 55.2 Å². The quantitative estimate of drug-likeness (QED) is 0.211. The van der Waals surface area contributed by atoms with Gasteiger partial charge in [0.2, 0.25) is 0 Å². The third-order valence-electron chi connectivity index (χ3n) is 7.94. The standard InChI is InChI=1S/C33H35ClN4O3S/c1-19-15-25-30(28(20-8-11-24(34)12-9-20)27(19)29(31(39)40)41-33(2,3)4)42-32(36-25)38-14-6-7-22(18-38)21-10-13-26-23(16-21)17-35-37(26)5/h8-13,15-17,22,29H,6-7,14,18H2,1-5H3,(H,39,40)/t22?,29-/m0/s1. The molecule has 2 aromatic heterocycles. The summed E-state index contributed by atoms with van der Waals surface area (Å²) in [4.78, 5) is 20.1. The molecule has 1 aliphatic rings. The molecule has 5 aromatic rings. The first kappa shape index (κ1) is 28.6. The second kappa shape index (κ2) is 11.0. The normalized spacial score (nSPS) is 16.8. The molecular weight excluding hydrogens is 568 g/mol. The summed E-state index contributed by atoms with van der Waals surface area (Å²) in [6, 6.07) is 16.2. The van der Waals surface area contributed by atoms with Crippen LogP contribution in [0.2, 0.25) is 5.02 Å². The van der Waals surface area contributed by atoms with Crippen LogP contribution in [-0.4, -0.2) is 44.5 Å². The molecule has 0 aliphatic carbocycles. The Kier molecular flexibility index (Phi) is 7.50. The molecule has 0 amide bonds. The van der Waals surface area contributed by atoms with Crippen molar-refractivity contribution in [3.63, 3.8) is 0 Å². The number of hydrogen-bond donors (Lipinski definition) is 1. The molecule has 0 bridgehead atoms. The summed E-state index contributed by atoms with van der Waals surface area (Å²) >= 11 is 7.87. The van der Waals surface area contributed by atoms with Gasteiger partial charge in [0.25, 0.3) is 0 Å². The highest BCUT2D eigenvalue weighted by atomic mass is 35.5. The number of ether oxygens (including phenoxy) is 1. The largest absolute Gasteiger partial charge is 0.479 e. The number of piperidine rings is 1. The monoisotopic (exact) mass is 602 g/mol. The Morgan fingerprint density at radius 1 is 1.17 bits per heavy atom. The average molecular weight is 603 g/mol. The van der Waals surface area contributed by atoms with Gasteiger partial charge in [-0.05, 0) is 87.6 Å². The number of aryl methyl sites for hydroxylation is 2. The molecule has 0 radical (unpaired) electrons. The highest BCUT2D eigenvalue weighted by Gasteiger charge is 2.33. The highest BCUT2D eigenvalue weighted by Crippen LogP contribution is 2.45. The van der Waals surface area contributed by atoms with Gasteiger partial charge in [0.15, 0.2) is 11.2 Å². The summed E-state index contributed by atoms with van der Waals surface area (Å²) in [5.41, 5.74) is 5.90. The Balaban J connectivity index is 1.44. The molecule has 3 aromatic carbocycles. The van der Waals surface area contributed by atoms with E-state index in [1.54, 1.807) is 11.3 Å². The molecule has 2 atom stereocenters. The van der Waals surface area contributed by atoms with Crippen molar-refractivity contribution in [2.45, 2.75) is 58.2 Å². The van der Waals surface area contributed by atoms with Crippen LogP contribution >= 0.6 is 22.9 Å². The maximum Gasteiger partial charge on any atom is 0.337 e. The first-order valence-electron chi connectivity index (χ1n) is 14.3. The van der Waals surface area contributed by atoms with Gasteiger partial charge in [-0.2, -0.15) is 5.10 Å². The summed E-state index contributed by atoms with van der Waals surface area (Å²) in [5, 5.41) is 17.5. The van der Waals surface area contributed by atoms with E-state index >= 15 is 0 Å². The second-order valence-electron chi connectivity index (χ2n) is 12.2. The number of hydrogen-bond acceptors (Lipinski definition) is 6. The lowest BCUT2D eigenvalue weighted by atomic mass is 9.90. The van der Waals surface area contributed by atoms with Gasteiger partial charge in [-0.25, -0.2) is 9.78 Å². The van der Waals surface area contributed by atoms with Crippen LogP contribution in [0.3, 0.4) is 0 Å². The van der Waals surface area contributed by atoms with Gasteiger partial charge in [-0.15, -0.1) is 0 Å². The summed E-state index contributed by atoms with van der Waals surface area (Å²) in [5.74, 6) is -0.628. The maximum atomic E-state index is 12.6. The van der Waals surface area contributed by atoms with E-state index in [1.165, 1.54) is 5.56 Å². The van der Waals surface area contributed by atoms with E-state index in [0.29, 0.717) is 16.5 Å². The van der Waals surface area contributed by atoms with Crippen molar-refractivity contribution < 1.29 is 14.6 Å². The number of fused-ring (bicyclic) bond motifs is 2. The molecule has 1 saturated heterocycles. The van der Waals surface area contributed by atoms with Gasteiger partial charge in [0.05, 0.1) is 27.5 Å². The number of benzene rings is 3. The predicted molar refractivity (Wildman–Crippen MR) is 171 cm³/mol. The van der Waals surface area contributed by atoms with Crippen LogP contribution in [0.1, 0.15) is 62.3 Å². The van der Waals surface area contributed by atoms with Crippen molar-refractivity contribution in [1.82, 2.24) is 14.8 Å². The second-order valence-corrected chi connectivity index (χ2v) is 13.6. The minimum absolute atomic E-state index is 0.389. The molecule has 218 valence electrons. The van der Waals surface area contributed by atoms with Crippen molar-refractivity contribution in [2.24, 2.45) is 7.05 Å². The van der Waals surface area contributed by atoms with Gasteiger partial charge in [0.1, 0.15) is 0 Å². The number of thiazole rings is 1. The SMILES string of the molecule is Cc1cc2nc(N3CCCC(c4ccc5c(cnn5C)c4)C3)sc2c(-c2ccc(Cl)cc2)c1[C@H](OC(C)(C)C)C(=O)O. The number of nitrogens with zero attached hydrogens (tertiary/aromatic N) is 4. The minimum Gasteiger partial charge on any atom is -0.479 e. The van der Waals surface area contributed by atoms with Crippen molar-refractivity contribution in [3.05, 3.63) is 76.4 Å². The first-order valence-corrected chi connectivity index (χ1v) is 15.4. The average Bonchev–Trinajstić information content (AvgIpc) is 3.54. The molecule has 0 saturated carbocycles. The smallest absolute Gasteiger partial charge is 0.337 e. The molecule has 1 fully saturated rings. The van der Waals surface area contributed by atoms with Crippen LogP contribution in [0.15, 0.2) is 54.7 Å². The molecule has 1 N–H and O–H groups in total.